The first-order chi connectivity index (χ1) is 13.0. The van der Waals surface area contributed by atoms with Crippen LogP contribution in [0, 0.1) is 0 Å². The first-order valence-electron chi connectivity index (χ1n) is 7.71. The molecular formula is C19H10Cl3NO3S. The van der Waals surface area contributed by atoms with Gasteiger partial charge in [-0.25, -0.2) is 9.79 Å². The van der Waals surface area contributed by atoms with Crippen LogP contribution in [0.3, 0.4) is 0 Å². The molecule has 1 aromatic heterocycles. The van der Waals surface area contributed by atoms with Crippen LogP contribution in [0.4, 0.5) is 0 Å². The second-order valence-corrected chi connectivity index (χ2v) is 7.74. The second-order valence-electron chi connectivity index (χ2n) is 5.56. The minimum Gasteiger partial charge on any atom is -0.495 e. The number of carbonyl (C=O) groups excluding carboxylic acids is 1. The highest BCUT2D eigenvalue weighted by Gasteiger charge is 2.29. The summed E-state index contributed by atoms with van der Waals surface area (Å²) >= 11 is 20.3. The van der Waals surface area contributed by atoms with Crippen molar-refractivity contribution in [1.29, 1.82) is 0 Å². The fourth-order valence-electron chi connectivity index (χ4n) is 2.62. The predicted octanol–water partition coefficient (Wildman–Crippen LogP) is 6.21. The Morgan fingerprint density at radius 3 is 2.63 bits per heavy atom. The van der Waals surface area contributed by atoms with Crippen LogP contribution in [-0.2, 0) is 9.53 Å². The van der Waals surface area contributed by atoms with Crippen LogP contribution < -0.4 is 4.74 Å². The van der Waals surface area contributed by atoms with Gasteiger partial charge in [0.1, 0.15) is 15.6 Å². The molecule has 0 unspecified atom stereocenters. The van der Waals surface area contributed by atoms with Crippen molar-refractivity contribution in [2.45, 2.75) is 0 Å². The number of ether oxygens (including phenoxy) is 2. The predicted molar refractivity (Wildman–Crippen MR) is 110 cm³/mol. The summed E-state index contributed by atoms with van der Waals surface area (Å²) in [4.78, 5) is 17.1. The van der Waals surface area contributed by atoms with Gasteiger partial charge in [0.25, 0.3) is 0 Å². The normalized spacial score (nSPS) is 15.3. The zero-order valence-electron chi connectivity index (χ0n) is 13.8. The van der Waals surface area contributed by atoms with E-state index in [9.17, 15) is 4.79 Å². The molecule has 4 rings (SSSR count). The Kier molecular flexibility index (Phi) is 4.86. The Labute approximate surface area is 173 Å². The molecule has 0 amide bonds. The molecule has 4 nitrogen and oxygen atoms in total. The van der Waals surface area contributed by atoms with Gasteiger partial charge in [-0.05, 0) is 29.8 Å². The summed E-state index contributed by atoms with van der Waals surface area (Å²) in [7, 11) is 1.54. The number of methoxy groups -OCH3 is 1. The Morgan fingerprint density at radius 2 is 1.89 bits per heavy atom. The Bertz CT molecular complexity index is 1150. The number of fused-ring (bicyclic) bond motifs is 1. The van der Waals surface area contributed by atoms with Gasteiger partial charge >= 0.3 is 5.97 Å². The number of hydrogen-bond donors (Lipinski definition) is 0. The highest BCUT2D eigenvalue weighted by atomic mass is 35.5. The molecule has 136 valence electrons. The molecule has 0 N–H and O–H groups in total. The molecule has 0 atom stereocenters. The average Bonchev–Trinajstić information content (AvgIpc) is 3.18. The molecule has 1 aliphatic rings. The van der Waals surface area contributed by atoms with Gasteiger partial charge in [0.05, 0.1) is 16.8 Å². The van der Waals surface area contributed by atoms with E-state index in [2.05, 4.69) is 4.99 Å². The number of nitrogens with zero attached hydrogens (tertiary/aromatic N) is 1. The van der Waals surface area contributed by atoms with Gasteiger partial charge in [-0.3, -0.25) is 0 Å². The van der Waals surface area contributed by atoms with Gasteiger partial charge < -0.3 is 9.47 Å². The molecule has 0 saturated carbocycles. The molecule has 2 aromatic carbocycles. The summed E-state index contributed by atoms with van der Waals surface area (Å²) in [6.07, 6.45) is 1.58. The van der Waals surface area contributed by atoms with E-state index in [4.69, 9.17) is 44.3 Å². The molecule has 8 heteroatoms. The van der Waals surface area contributed by atoms with Gasteiger partial charge in [-0.15, -0.1) is 11.3 Å². The van der Waals surface area contributed by atoms with Crippen LogP contribution in [0.5, 0.6) is 5.75 Å². The van der Waals surface area contributed by atoms with Crippen molar-refractivity contribution in [3.8, 4) is 5.75 Å². The van der Waals surface area contributed by atoms with Crippen molar-refractivity contribution in [3.05, 3.63) is 67.6 Å². The van der Waals surface area contributed by atoms with E-state index in [0.29, 0.717) is 31.3 Å². The van der Waals surface area contributed by atoms with Crippen molar-refractivity contribution in [1.82, 2.24) is 0 Å². The molecule has 0 saturated heterocycles. The number of benzene rings is 2. The number of halogens is 3. The zero-order chi connectivity index (χ0) is 19.1. The van der Waals surface area contributed by atoms with Crippen LogP contribution in [-0.4, -0.2) is 19.0 Å². The third-order valence-corrected chi connectivity index (χ3v) is 6.48. The van der Waals surface area contributed by atoms with E-state index in [1.54, 1.807) is 36.4 Å². The van der Waals surface area contributed by atoms with Gasteiger partial charge in [0, 0.05) is 10.4 Å². The van der Waals surface area contributed by atoms with E-state index in [0.717, 1.165) is 10.1 Å². The van der Waals surface area contributed by atoms with Crippen molar-refractivity contribution in [2.75, 3.05) is 7.11 Å². The minimum atomic E-state index is -0.567. The summed E-state index contributed by atoms with van der Waals surface area (Å²) in [5.41, 5.74) is 0.821. The standard InChI is InChI=1S/C19H10Cl3NO3S/c1-25-13-7-6-10-14(21)17(27-16(10)15(13)22)18-23-12(19(24)26-18)8-9-4-2-3-5-11(9)20/h2-8H,1H3/b12-8-. The van der Waals surface area contributed by atoms with Gasteiger partial charge in [-0.1, -0.05) is 53.0 Å². The molecule has 3 aromatic rings. The van der Waals surface area contributed by atoms with E-state index in [1.807, 2.05) is 6.07 Å². The summed E-state index contributed by atoms with van der Waals surface area (Å²) in [5.74, 6) is 0.111. The Balaban J connectivity index is 1.80. The van der Waals surface area contributed by atoms with Crippen LogP contribution in [0.15, 0.2) is 47.1 Å². The summed E-state index contributed by atoms with van der Waals surface area (Å²) < 4.78 is 11.3. The van der Waals surface area contributed by atoms with Gasteiger partial charge in [-0.2, -0.15) is 0 Å². The maximum absolute atomic E-state index is 12.2. The first kappa shape index (κ1) is 18.3. The van der Waals surface area contributed by atoms with Crippen LogP contribution in [0.25, 0.3) is 16.2 Å². The van der Waals surface area contributed by atoms with E-state index in [-0.39, 0.29) is 11.6 Å². The number of cyclic esters (lactones) is 1. The van der Waals surface area contributed by atoms with Crippen molar-refractivity contribution < 1.29 is 14.3 Å². The van der Waals surface area contributed by atoms with Crippen molar-refractivity contribution in [3.63, 3.8) is 0 Å². The lowest BCUT2D eigenvalue weighted by Crippen LogP contribution is -2.04. The summed E-state index contributed by atoms with van der Waals surface area (Å²) in [5, 5.41) is 2.12. The SMILES string of the molecule is COc1ccc2c(Cl)c(C3=N/C(=C\c4ccccc4Cl)C(=O)O3)sc2c1Cl. The summed E-state index contributed by atoms with van der Waals surface area (Å²) in [6, 6.07) is 10.7. The molecule has 0 bridgehead atoms. The molecular weight excluding hydrogens is 429 g/mol. The maximum Gasteiger partial charge on any atom is 0.363 e. The number of carbonyl (C=O) groups is 1. The molecule has 0 spiro atoms. The fourth-order valence-corrected chi connectivity index (χ4v) is 4.63. The smallest absolute Gasteiger partial charge is 0.363 e. The molecule has 0 aliphatic carbocycles. The number of esters is 1. The summed E-state index contributed by atoms with van der Waals surface area (Å²) in [6.45, 7) is 0. The lowest BCUT2D eigenvalue weighted by atomic mass is 10.2. The Morgan fingerprint density at radius 1 is 1.11 bits per heavy atom. The van der Waals surface area contributed by atoms with E-state index >= 15 is 0 Å². The van der Waals surface area contributed by atoms with Gasteiger partial charge in [0.15, 0.2) is 5.70 Å². The molecule has 0 fully saturated rings. The molecule has 1 aliphatic heterocycles. The zero-order valence-corrected chi connectivity index (χ0v) is 16.8. The fraction of sp³-hybridized carbons (Fsp3) is 0.0526. The number of aliphatic imine (C=N–C) groups is 1. The number of hydrogen-bond acceptors (Lipinski definition) is 5. The van der Waals surface area contributed by atoms with Crippen LogP contribution in [0.1, 0.15) is 10.4 Å². The number of rotatable bonds is 3. The first-order valence-corrected chi connectivity index (χ1v) is 9.66. The Hall–Kier alpha value is -2.05. The van der Waals surface area contributed by atoms with Crippen molar-refractivity contribution in [2.24, 2.45) is 4.99 Å². The third kappa shape index (κ3) is 3.21. The molecule has 2 heterocycles. The molecule has 27 heavy (non-hydrogen) atoms. The van der Waals surface area contributed by atoms with Crippen molar-refractivity contribution >= 4 is 74.2 Å². The third-order valence-electron chi connectivity index (χ3n) is 3.93. The quantitative estimate of drug-likeness (QED) is 0.360. The molecule has 0 radical (unpaired) electrons. The van der Waals surface area contributed by atoms with E-state index in [1.165, 1.54) is 18.4 Å². The van der Waals surface area contributed by atoms with E-state index < -0.39 is 5.97 Å². The largest absolute Gasteiger partial charge is 0.495 e. The number of thiophene rings is 1. The topological polar surface area (TPSA) is 47.9 Å². The second kappa shape index (κ2) is 7.17. The minimum absolute atomic E-state index is 0.138. The maximum atomic E-state index is 12.2. The van der Waals surface area contributed by atoms with Gasteiger partial charge in [0.2, 0.25) is 5.90 Å². The lowest BCUT2D eigenvalue weighted by Gasteiger charge is -2.02. The average molecular weight is 439 g/mol. The highest BCUT2D eigenvalue weighted by Crippen LogP contribution is 2.44. The van der Waals surface area contributed by atoms with Crippen LogP contribution in [0.2, 0.25) is 15.1 Å². The highest BCUT2D eigenvalue weighted by molar-refractivity contribution is 7.22. The van der Waals surface area contributed by atoms with Crippen LogP contribution >= 0.6 is 46.1 Å². The lowest BCUT2D eigenvalue weighted by molar-refractivity contribution is -0.129. The monoisotopic (exact) mass is 437 g/mol.